The van der Waals surface area contributed by atoms with Crippen LogP contribution in [0.15, 0.2) is 18.6 Å². The van der Waals surface area contributed by atoms with Crippen LogP contribution in [0.1, 0.15) is 23.8 Å². The van der Waals surface area contributed by atoms with Gasteiger partial charge in [0.25, 0.3) is 0 Å². The van der Waals surface area contributed by atoms with Crippen molar-refractivity contribution in [1.82, 2.24) is 25.1 Å². The van der Waals surface area contributed by atoms with E-state index in [0.29, 0.717) is 18.2 Å². The molecular weight excluding hydrogens is 322 g/mol. The lowest BCUT2D eigenvalue weighted by atomic mass is 10.0. The Morgan fingerprint density at radius 2 is 2.04 bits per heavy atom. The number of hydrogen-bond acceptors (Lipinski definition) is 6. The Kier molecular flexibility index (Phi) is 4.84. The van der Waals surface area contributed by atoms with Gasteiger partial charge in [-0.2, -0.15) is 5.10 Å². The number of carbonyl (C=O) groups is 1. The van der Waals surface area contributed by atoms with Crippen molar-refractivity contribution in [3.05, 3.63) is 29.8 Å². The molecule has 0 spiro atoms. The van der Waals surface area contributed by atoms with Gasteiger partial charge in [-0.15, -0.1) is 0 Å². The third-order valence-electron chi connectivity index (χ3n) is 4.28. The topological polar surface area (TPSA) is 97.2 Å². The third kappa shape index (κ3) is 3.71. The smallest absolute Gasteiger partial charge is 0.319 e. The predicted molar refractivity (Wildman–Crippen MR) is 93.6 cm³/mol. The first-order valence-electron chi connectivity index (χ1n) is 8.12. The van der Waals surface area contributed by atoms with E-state index in [1.807, 2.05) is 28.1 Å². The molecule has 9 nitrogen and oxygen atoms in total. The van der Waals surface area contributed by atoms with Crippen LogP contribution in [-0.4, -0.2) is 52.5 Å². The van der Waals surface area contributed by atoms with Crippen molar-refractivity contribution >= 4 is 17.7 Å². The lowest BCUT2D eigenvalue weighted by molar-refractivity contribution is 0.0998. The molecular formula is C16H23N7O2. The van der Waals surface area contributed by atoms with Crippen molar-refractivity contribution in [2.75, 3.05) is 30.9 Å². The summed E-state index contributed by atoms with van der Waals surface area (Å²) in [6.07, 6.45) is 5.52. The van der Waals surface area contributed by atoms with E-state index in [-0.39, 0.29) is 18.2 Å². The minimum absolute atomic E-state index is 0.107. The summed E-state index contributed by atoms with van der Waals surface area (Å²) < 4.78 is 7.62. The minimum Gasteiger partial charge on any atom is -0.371 e. The highest BCUT2D eigenvalue weighted by Gasteiger charge is 2.33. The molecule has 0 unspecified atom stereocenters. The first kappa shape index (κ1) is 17.2. The van der Waals surface area contributed by atoms with Crippen molar-refractivity contribution in [3.63, 3.8) is 0 Å². The Hall–Kier alpha value is -2.68. The Morgan fingerprint density at radius 1 is 1.32 bits per heavy atom. The number of hydrogen-bond donors (Lipinski definition) is 2. The Balaban J connectivity index is 1.62. The molecule has 0 saturated carbocycles. The van der Waals surface area contributed by atoms with Gasteiger partial charge < -0.3 is 20.3 Å². The zero-order chi connectivity index (χ0) is 18.0. The van der Waals surface area contributed by atoms with Crippen LogP contribution in [0.2, 0.25) is 0 Å². The molecule has 1 aliphatic heterocycles. The van der Waals surface area contributed by atoms with Gasteiger partial charge >= 0.3 is 6.03 Å². The highest BCUT2D eigenvalue weighted by Crippen LogP contribution is 2.30. The third-order valence-corrected chi connectivity index (χ3v) is 4.28. The van der Waals surface area contributed by atoms with Crippen LogP contribution in [0.4, 0.5) is 16.4 Å². The highest BCUT2D eigenvalue weighted by molar-refractivity contribution is 5.89. The number of carbonyl (C=O) groups excluding carboxylic acids is 1. The molecule has 1 saturated heterocycles. The van der Waals surface area contributed by atoms with Gasteiger partial charge in [-0.05, 0) is 13.3 Å². The van der Waals surface area contributed by atoms with Crippen molar-refractivity contribution in [3.8, 4) is 0 Å². The summed E-state index contributed by atoms with van der Waals surface area (Å²) in [7, 11) is 5.60. The van der Waals surface area contributed by atoms with Crippen molar-refractivity contribution in [2.45, 2.75) is 25.5 Å². The molecule has 2 N–H and O–H groups in total. The normalized spacial score (nSPS) is 19.7. The average Bonchev–Trinajstić information content (AvgIpc) is 3.15. The maximum atomic E-state index is 12.3. The van der Waals surface area contributed by atoms with Gasteiger partial charge in [0.2, 0.25) is 5.95 Å². The molecule has 1 fully saturated rings. The molecule has 3 heterocycles. The number of anilines is 2. The van der Waals surface area contributed by atoms with E-state index < -0.39 is 0 Å². The molecule has 9 heteroatoms. The fourth-order valence-electron chi connectivity index (χ4n) is 2.79. The summed E-state index contributed by atoms with van der Waals surface area (Å²) in [5, 5.41) is 9.98. The number of nitrogens with one attached hydrogen (secondary N) is 2. The molecule has 0 aliphatic carbocycles. The van der Waals surface area contributed by atoms with Crippen LogP contribution in [0.5, 0.6) is 0 Å². The molecule has 2 amide bonds. The van der Waals surface area contributed by atoms with Crippen LogP contribution >= 0.6 is 0 Å². The summed E-state index contributed by atoms with van der Waals surface area (Å²) in [6, 6.07) is -0.409. The van der Waals surface area contributed by atoms with Crippen LogP contribution < -0.4 is 15.5 Å². The molecule has 2 aromatic heterocycles. The molecule has 0 radical (unpaired) electrons. The van der Waals surface area contributed by atoms with Crippen LogP contribution in [0, 0.1) is 6.92 Å². The van der Waals surface area contributed by atoms with Crippen molar-refractivity contribution < 1.29 is 9.53 Å². The summed E-state index contributed by atoms with van der Waals surface area (Å²) in [4.78, 5) is 22.4. The van der Waals surface area contributed by atoms with Crippen LogP contribution in [0.3, 0.4) is 0 Å². The number of nitrogens with zero attached hydrogens (tertiary/aromatic N) is 5. The number of rotatable bonds is 4. The minimum atomic E-state index is -0.303. The Bertz CT molecular complexity index is 741. The van der Waals surface area contributed by atoms with E-state index in [2.05, 4.69) is 25.7 Å². The Morgan fingerprint density at radius 3 is 2.64 bits per heavy atom. The molecule has 25 heavy (non-hydrogen) atoms. The second-order valence-electron chi connectivity index (χ2n) is 6.26. The van der Waals surface area contributed by atoms with Gasteiger partial charge in [0.05, 0.1) is 30.3 Å². The van der Waals surface area contributed by atoms with E-state index in [1.165, 1.54) is 0 Å². The van der Waals surface area contributed by atoms with Gasteiger partial charge in [0, 0.05) is 39.0 Å². The average molecular weight is 345 g/mol. The van der Waals surface area contributed by atoms with Gasteiger partial charge in [0.15, 0.2) is 0 Å². The first-order chi connectivity index (χ1) is 12.0. The van der Waals surface area contributed by atoms with E-state index in [1.54, 1.807) is 28.2 Å². The van der Waals surface area contributed by atoms with Gasteiger partial charge in [-0.1, -0.05) is 0 Å². The van der Waals surface area contributed by atoms with E-state index in [0.717, 1.165) is 17.7 Å². The molecule has 2 atom stereocenters. The van der Waals surface area contributed by atoms with E-state index in [4.69, 9.17) is 4.74 Å². The molecule has 3 rings (SSSR count). The SMILES string of the molecule is Cc1c([C@H]2OCC[C@@H]2NC(=O)Nc2cnc(N(C)C)nc2)cnn1C. The molecule has 134 valence electrons. The van der Waals surface area contributed by atoms with Gasteiger partial charge in [-0.25, -0.2) is 14.8 Å². The first-order valence-corrected chi connectivity index (χ1v) is 8.12. The summed E-state index contributed by atoms with van der Waals surface area (Å²) >= 11 is 0. The number of amides is 2. The number of aryl methyl sites for hydroxylation is 1. The largest absolute Gasteiger partial charge is 0.371 e. The predicted octanol–water partition coefficient (Wildman–Crippen LogP) is 1.24. The van der Waals surface area contributed by atoms with Gasteiger partial charge in [0.1, 0.15) is 6.10 Å². The molecule has 2 aromatic rings. The Labute approximate surface area is 146 Å². The highest BCUT2D eigenvalue weighted by atomic mass is 16.5. The van der Waals surface area contributed by atoms with Crippen LogP contribution in [-0.2, 0) is 11.8 Å². The quantitative estimate of drug-likeness (QED) is 0.865. The fourth-order valence-corrected chi connectivity index (χ4v) is 2.79. The lowest BCUT2D eigenvalue weighted by Crippen LogP contribution is -2.39. The summed E-state index contributed by atoms with van der Waals surface area (Å²) in [5.74, 6) is 0.585. The molecule has 1 aliphatic rings. The maximum Gasteiger partial charge on any atom is 0.319 e. The maximum absolute atomic E-state index is 12.3. The van der Waals surface area contributed by atoms with Crippen molar-refractivity contribution in [2.24, 2.45) is 7.05 Å². The fraction of sp³-hybridized carbons (Fsp3) is 0.500. The second-order valence-corrected chi connectivity index (χ2v) is 6.26. The second kappa shape index (κ2) is 7.06. The van der Waals surface area contributed by atoms with E-state index in [9.17, 15) is 4.79 Å². The molecule has 0 aromatic carbocycles. The van der Waals surface area contributed by atoms with Crippen molar-refractivity contribution in [1.29, 1.82) is 0 Å². The lowest BCUT2D eigenvalue weighted by Gasteiger charge is -2.20. The summed E-state index contributed by atoms with van der Waals surface area (Å²) in [6.45, 7) is 2.59. The zero-order valence-corrected chi connectivity index (χ0v) is 14.9. The molecule has 0 bridgehead atoms. The standard InChI is InChI=1S/C16H23N7O2/c1-10-12(9-19-23(10)4)14-13(5-6-25-14)21-16(24)20-11-7-17-15(18-8-11)22(2)3/h7-9,13-14H,5-6H2,1-4H3,(H2,20,21,24)/t13-,14+/m0/s1. The van der Waals surface area contributed by atoms with Crippen LogP contribution in [0.25, 0.3) is 0 Å². The number of urea groups is 1. The summed E-state index contributed by atoms with van der Waals surface area (Å²) in [5.41, 5.74) is 2.58. The number of ether oxygens (including phenoxy) is 1. The van der Waals surface area contributed by atoms with E-state index >= 15 is 0 Å². The monoisotopic (exact) mass is 345 g/mol. The zero-order valence-electron chi connectivity index (χ0n) is 14.9. The van der Waals surface area contributed by atoms with Gasteiger partial charge in [-0.3, -0.25) is 4.68 Å². The number of aromatic nitrogens is 4.